The lowest BCUT2D eigenvalue weighted by Crippen LogP contribution is -2.47. The Kier molecular flexibility index (Phi) is 8.41. The number of fused-ring (bicyclic) bond motifs is 1. The standard InChI is InChI=1S/C33H32N4O6S/c1-33(2,3)43-32(40)36-29(21-22-9-15-25(38)16-10-22)31(39)35-24-13-11-23(12-14-24)27-17-19-34-30-28(27)18-20-37(30)44(41,42)26-7-5-4-6-8-26/h4-20,29,38H,21H2,1-3H3,(H,35,39)(H,36,40)/t29-/m0/s1. The fourth-order valence-corrected chi connectivity index (χ4v) is 5.98. The van der Waals surface area contributed by atoms with E-state index in [0.717, 1.165) is 16.7 Å². The van der Waals surface area contributed by atoms with Crippen molar-refractivity contribution in [3.8, 4) is 16.9 Å². The number of aromatic nitrogens is 2. The summed E-state index contributed by atoms with van der Waals surface area (Å²) in [5.74, 6) is -0.359. The second-order valence-electron chi connectivity index (χ2n) is 11.2. The molecule has 2 aromatic heterocycles. The Bertz CT molecular complexity index is 1900. The van der Waals surface area contributed by atoms with Crippen LogP contribution in [0.25, 0.3) is 22.2 Å². The second kappa shape index (κ2) is 12.2. The molecule has 0 radical (unpaired) electrons. The maximum atomic E-state index is 13.3. The first-order valence-corrected chi connectivity index (χ1v) is 15.3. The number of nitrogens with one attached hydrogen (secondary N) is 2. The number of nitrogens with zero attached hydrogens (tertiary/aromatic N) is 2. The zero-order valence-corrected chi connectivity index (χ0v) is 25.2. The van der Waals surface area contributed by atoms with Crippen molar-refractivity contribution in [1.82, 2.24) is 14.3 Å². The van der Waals surface area contributed by atoms with Crippen LogP contribution in [0.1, 0.15) is 26.3 Å². The van der Waals surface area contributed by atoms with Crippen molar-refractivity contribution in [3.63, 3.8) is 0 Å². The highest BCUT2D eigenvalue weighted by molar-refractivity contribution is 7.90. The molecule has 0 fully saturated rings. The highest BCUT2D eigenvalue weighted by Gasteiger charge is 2.25. The van der Waals surface area contributed by atoms with E-state index in [9.17, 15) is 23.1 Å². The summed E-state index contributed by atoms with van der Waals surface area (Å²) < 4.78 is 33.1. The first-order chi connectivity index (χ1) is 20.9. The molecule has 2 heterocycles. The monoisotopic (exact) mass is 612 g/mol. The van der Waals surface area contributed by atoms with E-state index in [4.69, 9.17) is 4.74 Å². The number of hydrogen-bond donors (Lipinski definition) is 3. The summed E-state index contributed by atoms with van der Waals surface area (Å²) in [5.41, 5.74) is 2.34. The topological polar surface area (TPSA) is 140 Å². The molecular weight excluding hydrogens is 580 g/mol. The van der Waals surface area contributed by atoms with E-state index >= 15 is 0 Å². The Morgan fingerprint density at radius 1 is 0.932 bits per heavy atom. The van der Waals surface area contributed by atoms with Gasteiger partial charge in [0.1, 0.15) is 17.4 Å². The van der Waals surface area contributed by atoms with Gasteiger partial charge in [0.05, 0.1) is 4.90 Å². The van der Waals surface area contributed by atoms with Crippen LogP contribution in [0, 0.1) is 0 Å². The van der Waals surface area contributed by atoms with Crippen molar-refractivity contribution in [2.24, 2.45) is 0 Å². The quantitative estimate of drug-likeness (QED) is 0.204. The molecule has 0 saturated heterocycles. The summed E-state index contributed by atoms with van der Waals surface area (Å²) in [6, 6.07) is 24.2. The summed E-state index contributed by atoms with van der Waals surface area (Å²) in [6.07, 6.45) is 2.49. The van der Waals surface area contributed by atoms with Crippen LogP contribution in [0.2, 0.25) is 0 Å². The minimum absolute atomic E-state index is 0.0933. The molecule has 0 aliphatic rings. The van der Waals surface area contributed by atoms with Crippen LogP contribution in [0.15, 0.2) is 108 Å². The van der Waals surface area contributed by atoms with Crippen LogP contribution in [-0.4, -0.2) is 46.1 Å². The second-order valence-corrected chi connectivity index (χ2v) is 13.0. The Balaban J connectivity index is 1.37. The zero-order chi connectivity index (χ0) is 31.5. The third-order valence-corrected chi connectivity index (χ3v) is 8.38. The molecule has 44 heavy (non-hydrogen) atoms. The average Bonchev–Trinajstić information content (AvgIpc) is 3.43. The van der Waals surface area contributed by atoms with Gasteiger partial charge in [-0.2, -0.15) is 0 Å². The Labute approximate surface area is 255 Å². The molecule has 226 valence electrons. The van der Waals surface area contributed by atoms with Crippen LogP contribution >= 0.6 is 0 Å². The van der Waals surface area contributed by atoms with Gasteiger partial charge in [0.2, 0.25) is 5.91 Å². The zero-order valence-electron chi connectivity index (χ0n) is 24.4. The fourth-order valence-electron chi connectivity index (χ4n) is 4.66. The average molecular weight is 613 g/mol. The molecule has 11 heteroatoms. The summed E-state index contributed by atoms with van der Waals surface area (Å²) in [5, 5.41) is 15.8. The van der Waals surface area contributed by atoms with Gasteiger partial charge in [0, 0.05) is 29.9 Å². The first-order valence-electron chi connectivity index (χ1n) is 13.9. The Morgan fingerprint density at radius 3 is 2.27 bits per heavy atom. The predicted molar refractivity (Wildman–Crippen MR) is 168 cm³/mol. The number of aromatic hydroxyl groups is 1. The molecule has 3 N–H and O–H groups in total. The summed E-state index contributed by atoms with van der Waals surface area (Å²) in [4.78, 5) is 30.4. The smallest absolute Gasteiger partial charge is 0.408 e. The van der Waals surface area contributed by atoms with Crippen molar-refractivity contribution < 1.29 is 27.9 Å². The van der Waals surface area contributed by atoms with E-state index in [0.29, 0.717) is 16.7 Å². The van der Waals surface area contributed by atoms with Gasteiger partial charge in [0.25, 0.3) is 10.0 Å². The van der Waals surface area contributed by atoms with Crippen molar-refractivity contribution >= 4 is 38.7 Å². The number of alkyl carbamates (subject to hydrolysis) is 1. The third-order valence-electron chi connectivity index (χ3n) is 6.70. The van der Waals surface area contributed by atoms with Gasteiger partial charge >= 0.3 is 6.09 Å². The minimum Gasteiger partial charge on any atom is -0.508 e. The highest BCUT2D eigenvalue weighted by atomic mass is 32.2. The lowest BCUT2D eigenvalue weighted by molar-refractivity contribution is -0.118. The molecule has 5 rings (SSSR count). The number of carbonyl (C=O) groups excluding carboxylic acids is 2. The minimum atomic E-state index is -3.84. The largest absolute Gasteiger partial charge is 0.508 e. The van der Waals surface area contributed by atoms with E-state index in [-0.39, 0.29) is 17.1 Å². The van der Waals surface area contributed by atoms with Crippen LogP contribution < -0.4 is 10.6 Å². The van der Waals surface area contributed by atoms with Crippen LogP contribution in [-0.2, 0) is 26.0 Å². The number of pyridine rings is 1. The number of amides is 2. The highest BCUT2D eigenvalue weighted by Crippen LogP contribution is 2.31. The number of phenolic OH excluding ortho intramolecular Hbond substituents is 1. The number of benzene rings is 3. The number of anilines is 1. The lowest BCUT2D eigenvalue weighted by atomic mass is 10.0. The molecule has 0 saturated carbocycles. The molecule has 0 bridgehead atoms. The molecule has 2 amide bonds. The van der Waals surface area contributed by atoms with E-state index in [2.05, 4.69) is 15.6 Å². The van der Waals surface area contributed by atoms with E-state index in [1.165, 1.54) is 34.4 Å². The summed E-state index contributed by atoms with van der Waals surface area (Å²) in [7, 11) is -3.84. The predicted octanol–water partition coefficient (Wildman–Crippen LogP) is 5.72. The number of hydrogen-bond acceptors (Lipinski definition) is 7. The summed E-state index contributed by atoms with van der Waals surface area (Å²) >= 11 is 0. The number of carbonyl (C=O) groups is 2. The van der Waals surface area contributed by atoms with Crippen molar-refractivity contribution in [3.05, 3.63) is 109 Å². The SMILES string of the molecule is CC(C)(C)OC(=O)N[C@@H](Cc1ccc(O)cc1)C(=O)Nc1ccc(-c2ccnc3c2ccn3S(=O)(=O)c2ccccc2)cc1. The summed E-state index contributed by atoms with van der Waals surface area (Å²) in [6.45, 7) is 5.20. The van der Waals surface area contributed by atoms with Gasteiger partial charge in [-0.05, 0) is 86.0 Å². The van der Waals surface area contributed by atoms with Gasteiger partial charge in [-0.1, -0.05) is 42.5 Å². The van der Waals surface area contributed by atoms with Gasteiger partial charge in [-0.15, -0.1) is 0 Å². The van der Waals surface area contributed by atoms with Gasteiger partial charge < -0.3 is 20.5 Å². The molecule has 0 spiro atoms. The normalized spacial score (nSPS) is 12.4. The molecule has 0 aliphatic carbocycles. The van der Waals surface area contributed by atoms with E-state index in [1.807, 2.05) is 12.1 Å². The maximum Gasteiger partial charge on any atom is 0.408 e. The van der Waals surface area contributed by atoms with Gasteiger partial charge in [-0.25, -0.2) is 22.2 Å². The van der Waals surface area contributed by atoms with E-state index in [1.54, 1.807) is 81.6 Å². The molecule has 0 unspecified atom stereocenters. The van der Waals surface area contributed by atoms with Crippen LogP contribution in [0.3, 0.4) is 0 Å². The lowest BCUT2D eigenvalue weighted by Gasteiger charge is -2.23. The Hall–Kier alpha value is -5.16. The first kappa shape index (κ1) is 30.3. The molecule has 5 aromatic rings. The van der Waals surface area contributed by atoms with Crippen molar-refractivity contribution in [2.45, 2.75) is 43.7 Å². The van der Waals surface area contributed by atoms with Gasteiger partial charge in [0.15, 0.2) is 5.65 Å². The number of rotatable bonds is 8. The van der Waals surface area contributed by atoms with Crippen molar-refractivity contribution in [2.75, 3.05) is 5.32 Å². The molecule has 0 aliphatic heterocycles. The fraction of sp³-hybridized carbons (Fsp3) is 0.182. The number of phenols is 1. The number of ether oxygens (including phenoxy) is 1. The molecule has 10 nitrogen and oxygen atoms in total. The maximum absolute atomic E-state index is 13.3. The van der Waals surface area contributed by atoms with Crippen LogP contribution in [0.4, 0.5) is 10.5 Å². The van der Waals surface area contributed by atoms with Gasteiger partial charge in [-0.3, -0.25) is 4.79 Å². The van der Waals surface area contributed by atoms with E-state index < -0.39 is 33.7 Å². The Morgan fingerprint density at radius 2 is 1.61 bits per heavy atom. The van der Waals surface area contributed by atoms with Crippen molar-refractivity contribution in [1.29, 1.82) is 0 Å². The van der Waals surface area contributed by atoms with Crippen LogP contribution in [0.5, 0.6) is 5.75 Å². The molecular formula is C33H32N4O6S. The molecule has 3 aromatic carbocycles. The third kappa shape index (κ3) is 6.90. The molecule has 1 atom stereocenters.